The Kier molecular flexibility index (Phi) is 3.99. The smallest absolute Gasteiger partial charge is 0.128 e. The zero-order valence-corrected chi connectivity index (χ0v) is 12.6. The quantitative estimate of drug-likeness (QED) is 0.916. The minimum Gasteiger partial charge on any atom is -0.354 e. The summed E-state index contributed by atoms with van der Waals surface area (Å²) in [6.07, 6.45) is 2.66. The summed E-state index contributed by atoms with van der Waals surface area (Å²) in [5.41, 5.74) is 1.17. The molecular weight excluding hydrogens is 254 g/mol. The van der Waals surface area contributed by atoms with Crippen molar-refractivity contribution < 1.29 is 0 Å². The van der Waals surface area contributed by atoms with Crippen molar-refractivity contribution in [1.82, 2.24) is 10.3 Å². The molecule has 2 fully saturated rings. The molecule has 4 heteroatoms. The molecule has 2 atom stereocenters. The van der Waals surface area contributed by atoms with Crippen molar-refractivity contribution in [3.05, 3.63) is 23.9 Å². The van der Waals surface area contributed by atoms with Crippen LogP contribution < -0.4 is 10.2 Å². The maximum absolute atomic E-state index is 4.82. The number of nitrogens with zero attached hydrogens (tertiary/aromatic N) is 2. The zero-order chi connectivity index (χ0) is 13.2. The van der Waals surface area contributed by atoms with Crippen LogP contribution in [0.15, 0.2) is 18.2 Å². The molecule has 0 radical (unpaired) electrons. The van der Waals surface area contributed by atoms with Gasteiger partial charge < -0.3 is 10.2 Å². The van der Waals surface area contributed by atoms with Gasteiger partial charge >= 0.3 is 0 Å². The average molecular weight is 277 g/mol. The highest BCUT2D eigenvalue weighted by Crippen LogP contribution is 2.27. The van der Waals surface area contributed by atoms with E-state index < -0.39 is 0 Å². The van der Waals surface area contributed by atoms with Gasteiger partial charge in [-0.3, -0.25) is 0 Å². The lowest BCUT2D eigenvalue weighted by molar-refractivity contribution is 0.668. The predicted octanol–water partition coefficient (Wildman–Crippen LogP) is 2.66. The van der Waals surface area contributed by atoms with Gasteiger partial charge in [0.05, 0.1) is 5.69 Å². The Morgan fingerprint density at radius 1 is 1.26 bits per heavy atom. The molecule has 3 rings (SSSR count). The number of nitrogens with one attached hydrogen (secondary N) is 1. The van der Waals surface area contributed by atoms with Crippen LogP contribution in [0.25, 0.3) is 0 Å². The van der Waals surface area contributed by atoms with Crippen LogP contribution in [0.2, 0.25) is 0 Å². The van der Waals surface area contributed by atoms with Crippen LogP contribution in [0.3, 0.4) is 0 Å². The topological polar surface area (TPSA) is 28.2 Å². The Morgan fingerprint density at radius 3 is 2.68 bits per heavy atom. The third-order valence-electron chi connectivity index (χ3n) is 3.68. The normalized spacial score (nSPS) is 27.6. The molecule has 2 heterocycles. The molecule has 2 unspecified atom stereocenters. The molecule has 19 heavy (non-hydrogen) atoms. The Bertz CT molecular complexity index is 423. The van der Waals surface area contributed by atoms with E-state index in [1.54, 1.807) is 0 Å². The molecule has 3 nitrogen and oxygen atoms in total. The standard InChI is InChI=1S/C15H23N3S/c1-11-9-18(10-12(2)19-11)15-5-3-4-14(17-15)8-16-13-6-7-13/h3-5,11-13,16H,6-10H2,1-2H3. The van der Waals surface area contributed by atoms with E-state index in [9.17, 15) is 0 Å². The van der Waals surface area contributed by atoms with Crippen LogP contribution in [0.1, 0.15) is 32.4 Å². The summed E-state index contributed by atoms with van der Waals surface area (Å²) in [5, 5.41) is 4.92. The van der Waals surface area contributed by atoms with Crippen molar-refractivity contribution in [3.8, 4) is 0 Å². The van der Waals surface area contributed by atoms with Gasteiger partial charge in [-0.25, -0.2) is 4.98 Å². The maximum Gasteiger partial charge on any atom is 0.128 e. The van der Waals surface area contributed by atoms with Crippen LogP contribution in [0, 0.1) is 0 Å². The van der Waals surface area contributed by atoms with Gasteiger partial charge in [-0.05, 0) is 25.0 Å². The second-order valence-corrected chi connectivity index (χ2v) is 7.69. The first-order valence-electron chi connectivity index (χ1n) is 7.30. The highest BCUT2D eigenvalue weighted by molar-refractivity contribution is 8.00. The lowest BCUT2D eigenvalue weighted by Crippen LogP contribution is -2.41. The third kappa shape index (κ3) is 3.63. The molecule has 1 aromatic rings. The summed E-state index contributed by atoms with van der Waals surface area (Å²) in [7, 11) is 0. The number of hydrogen-bond acceptors (Lipinski definition) is 4. The van der Waals surface area contributed by atoms with Crippen LogP contribution >= 0.6 is 11.8 Å². The summed E-state index contributed by atoms with van der Waals surface area (Å²) < 4.78 is 0. The van der Waals surface area contributed by atoms with Gasteiger partial charge in [-0.2, -0.15) is 11.8 Å². The van der Waals surface area contributed by atoms with Gasteiger partial charge in [0.15, 0.2) is 0 Å². The summed E-state index contributed by atoms with van der Waals surface area (Å²) in [4.78, 5) is 7.26. The van der Waals surface area contributed by atoms with Crippen molar-refractivity contribution in [3.63, 3.8) is 0 Å². The largest absolute Gasteiger partial charge is 0.354 e. The van der Waals surface area contributed by atoms with E-state index >= 15 is 0 Å². The molecular formula is C15H23N3S. The highest BCUT2D eigenvalue weighted by Gasteiger charge is 2.23. The molecule has 1 aromatic heterocycles. The monoisotopic (exact) mass is 277 g/mol. The predicted molar refractivity (Wildman–Crippen MR) is 82.8 cm³/mol. The van der Waals surface area contributed by atoms with Crippen LogP contribution in [-0.4, -0.2) is 34.6 Å². The molecule has 104 valence electrons. The van der Waals surface area contributed by atoms with Crippen molar-refractivity contribution in [2.24, 2.45) is 0 Å². The van der Waals surface area contributed by atoms with E-state index in [0.29, 0.717) is 10.5 Å². The molecule has 1 N–H and O–H groups in total. The van der Waals surface area contributed by atoms with Crippen molar-refractivity contribution >= 4 is 17.6 Å². The van der Waals surface area contributed by atoms with E-state index in [1.165, 1.54) is 18.5 Å². The molecule has 1 aliphatic heterocycles. The van der Waals surface area contributed by atoms with Crippen LogP contribution in [0.5, 0.6) is 0 Å². The summed E-state index contributed by atoms with van der Waals surface area (Å²) in [5.74, 6) is 1.15. The van der Waals surface area contributed by atoms with E-state index in [4.69, 9.17) is 4.98 Å². The number of aromatic nitrogens is 1. The Hall–Kier alpha value is -0.740. The number of rotatable bonds is 4. The second-order valence-electron chi connectivity index (χ2n) is 5.80. The molecule has 1 saturated heterocycles. The first-order valence-corrected chi connectivity index (χ1v) is 8.24. The number of thioether (sulfide) groups is 1. The average Bonchev–Trinajstić information content (AvgIpc) is 3.20. The number of pyridine rings is 1. The van der Waals surface area contributed by atoms with Crippen molar-refractivity contribution in [2.75, 3.05) is 18.0 Å². The van der Waals surface area contributed by atoms with Gasteiger partial charge in [0, 0.05) is 36.2 Å². The van der Waals surface area contributed by atoms with Crippen molar-refractivity contribution in [1.29, 1.82) is 0 Å². The minimum atomic E-state index is 0.693. The summed E-state index contributed by atoms with van der Waals surface area (Å²) in [6.45, 7) is 7.76. The molecule has 0 bridgehead atoms. The third-order valence-corrected chi connectivity index (χ3v) is 4.91. The van der Waals surface area contributed by atoms with E-state index in [1.807, 2.05) is 0 Å². The van der Waals surface area contributed by atoms with Gasteiger partial charge in [0.2, 0.25) is 0 Å². The van der Waals surface area contributed by atoms with Crippen LogP contribution in [-0.2, 0) is 6.54 Å². The molecule has 2 aliphatic rings. The van der Waals surface area contributed by atoms with Crippen LogP contribution in [0.4, 0.5) is 5.82 Å². The zero-order valence-electron chi connectivity index (χ0n) is 11.8. The molecule has 0 spiro atoms. The van der Waals surface area contributed by atoms with Gasteiger partial charge in [-0.1, -0.05) is 19.9 Å². The SMILES string of the molecule is CC1CN(c2cccc(CNC3CC3)n2)CC(C)S1. The maximum atomic E-state index is 4.82. The van der Waals surface area contributed by atoms with Crippen molar-refractivity contribution in [2.45, 2.75) is 49.8 Å². The fourth-order valence-electron chi connectivity index (χ4n) is 2.64. The minimum absolute atomic E-state index is 0.693. The molecule has 0 aromatic carbocycles. The first kappa shape index (κ1) is 13.3. The Balaban J connectivity index is 1.66. The lowest BCUT2D eigenvalue weighted by Gasteiger charge is -2.35. The first-order chi connectivity index (χ1) is 9.20. The van der Waals surface area contributed by atoms with Gasteiger partial charge in [0.1, 0.15) is 5.82 Å². The summed E-state index contributed by atoms with van der Waals surface area (Å²) in [6, 6.07) is 7.17. The number of hydrogen-bond donors (Lipinski definition) is 1. The Morgan fingerprint density at radius 2 is 2.00 bits per heavy atom. The summed E-state index contributed by atoms with van der Waals surface area (Å²) >= 11 is 2.08. The van der Waals surface area contributed by atoms with E-state index in [2.05, 4.69) is 54.0 Å². The number of anilines is 1. The fourth-order valence-corrected chi connectivity index (χ4v) is 3.97. The molecule has 1 aliphatic carbocycles. The lowest BCUT2D eigenvalue weighted by atomic mass is 10.3. The van der Waals surface area contributed by atoms with E-state index in [-0.39, 0.29) is 0 Å². The highest BCUT2D eigenvalue weighted by atomic mass is 32.2. The van der Waals surface area contributed by atoms with Gasteiger partial charge in [-0.15, -0.1) is 0 Å². The molecule has 1 saturated carbocycles. The second kappa shape index (κ2) is 5.71. The fraction of sp³-hybridized carbons (Fsp3) is 0.667. The Labute approximate surface area is 120 Å². The molecule has 0 amide bonds. The van der Waals surface area contributed by atoms with Gasteiger partial charge in [0.25, 0.3) is 0 Å². The van der Waals surface area contributed by atoms with E-state index in [0.717, 1.165) is 31.5 Å².